The van der Waals surface area contributed by atoms with Crippen molar-refractivity contribution in [2.24, 2.45) is 0 Å². The van der Waals surface area contributed by atoms with Gasteiger partial charge in [0.15, 0.2) is 0 Å². The Morgan fingerprint density at radius 3 is 2.15 bits per heavy atom. The molecule has 1 heteroatoms. The highest BCUT2D eigenvalue weighted by molar-refractivity contribution is 5.80. The van der Waals surface area contributed by atoms with Crippen LogP contribution >= 0.6 is 0 Å². The Balaban J connectivity index is 1.94. The summed E-state index contributed by atoms with van der Waals surface area (Å²) < 4.78 is 5.53. The van der Waals surface area contributed by atoms with Crippen LogP contribution < -0.4 is 4.74 Å². The van der Waals surface area contributed by atoms with Crippen LogP contribution in [0.4, 0.5) is 0 Å². The van der Waals surface area contributed by atoms with Crippen molar-refractivity contribution in [3.8, 4) is 5.75 Å². The number of hydrogen-bond acceptors (Lipinski definition) is 1. The van der Waals surface area contributed by atoms with Crippen molar-refractivity contribution < 1.29 is 4.74 Å². The van der Waals surface area contributed by atoms with Gasteiger partial charge in [-0.25, -0.2) is 0 Å². The molecule has 0 unspecified atom stereocenters. The minimum Gasteiger partial charge on any atom is -0.494 e. The maximum absolute atomic E-state index is 5.53. The second-order valence-corrected chi connectivity index (χ2v) is 8.86. The topological polar surface area (TPSA) is 9.23 Å². The fourth-order valence-corrected chi connectivity index (χ4v) is 3.99. The van der Waals surface area contributed by atoms with E-state index in [0.717, 1.165) is 5.75 Å². The second-order valence-electron chi connectivity index (χ2n) is 8.86. The average Bonchev–Trinajstić information content (AvgIpc) is 2.61. The molecule has 0 saturated heterocycles. The summed E-state index contributed by atoms with van der Waals surface area (Å²) in [4.78, 5) is 0. The van der Waals surface area contributed by atoms with Gasteiger partial charge in [0, 0.05) is 0 Å². The van der Waals surface area contributed by atoms with Crippen molar-refractivity contribution in [3.63, 3.8) is 0 Å². The Morgan fingerprint density at radius 2 is 1.54 bits per heavy atom. The highest BCUT2D eigenvalue weighted by atomic mass is 16.5. The molecule has 0 radical (unpaired) electrons. The fourth-order valence-electron chi connectivity index (χ4n) is 3.99. The van der Waals surface area contributed by atoms with Gasteiger partial charge < -0.3 is 4.74 Å². The van der Waals surface area contributed by atoms with Gasteiger partial charge in [0.1, 0.15) is 5.75 Å². The summed E-state index contributed by atoms with van der Waals surface area (Å²) in [7, 11) is 0. The highest BCUT2D eigenvalue weighted by Crippen LogP contribution is 2.46. The second kappa shape index (κ2) is 6.95. The Bertz CT molecular complexity index is 807. The van der Waals surface area contributed by atoms with Crippen LogP contribution in [-0.4, -0.2) is 6.61 Å². The lowest BCUT2D eigenvalue weighted by atomic mass is 9.63. The van der Waals surface area contributed by atoms with Crippen LogP contribution in [0.2, 0.25) is 0 Å². The zero-order valence-corrected chi connectivity index (χ0v) is 17.1. The summed E-state index contributed by atoms with van der Waals surface area (Å²) in [6, 6.07) is 15.4. The highest BCUT2D eigenvalue weighted by Gasteiger charge is 2.36. The van der Waals surface area contributed by atoms with Crippen molar-refractivity contribution >= 4 is 11.6 Å². The SMILES string of the molecule is CCOc1ccc(/C=C(\C)c2ccc3c(c2)C(C)(C)CCC3(C)C)cc1. The van der Waals surface area contributed by atoms with Crippen molar-refractivity contribution in [2.45, 2.75) is 65.2 Å². The summed E-state index contributed by atoms with van der Waals surface area (Å²) in [6.45, 7) is 14.4. The third-order valence-electron chi connectivity index (χ3n) is 5.88. The molecule has 0 heterocycles. The molecule has 26 heavy (non-hydrogen) atoms. The molecule has 2 aromatic carbocycles. The van der Waals surface area contributed by atoms with Gasteiger partial charge in [-0.1, -0.05) is 64.1 Å². The number of hydrogen-bond donors (Lipinski definition) is 0. The van der Waals surface area contributed by atoms with Gasteiger partial charge in [-0.2, -0.15) is 0 Å². The first-order valence-corrected chi connectivity index (χ1v) is 9.79. The van der Waals surface area contributed by atoms with Crippen LogP contribution in [0.3, 0.4) is 0 Å². The molecule has 138 valence electrons. The van der Waals surface area contributed by atoms with Gasteiger partial charge in [-0.05, 0) is 77.5 Å². The van der Waals surface area contributed by atoms with Crippen LogP contribution in [0, 0.1) is 0 Å². The van der Waals surface area contributed by atoms with Crippen molar-refractivity contribution in [2.75, 3.05) is 6.61 Å². The summed E-state index contributed by atoms with van der Waals surface area (Å²) in [5.74, 6) is 0.931. The van der Waals surface area contributed by atoms with E-state index in [1.165, 1.54) is 40.7 Å². The molecule has 0 aliphatic heterocycles. The predicted octanol–water partition coefficient (Wildman–Crippen LogP) is 6.99. The van der Waals surface area contributed by atoms with E-state index >= 15 is 0 Å². The van der Waals surface area contributed by atoms with Gasteiger partial charge in [0.05, 0.1) is 6.61 Å². The molecule has 0 fully saturated rings. The van der Waals surface area contributed by atoms with Gasteiger partial charge in [0.2, 0.25) is 0 Å². The Hall–Kier alpha value is -2.02. The molecule has 1 aliphatic rings. The molecule has 0 aromatic heterocycles. The minimum atomic E-state index is 0.250. The number of allylic oxidation sites excluding steroid dienone is 1. The van der Waals surface area contributed by atoms with Crippen molar-refractivity contribution in [1.82, 2.24) is 0 Å². The van der Waals surface area contributed by atoms with Gasteiger partial charge in [0.25, 0.3) is 0 Å². The Morgan fingerprint density at radius 1 is 0.923 bits per heavy atom. The lowest BCUT2D eigenvalue weighted by Gasteiger charge is -2.42. The average molecular weight is 349 g/mol. The van der Waals surface area contributed by atoms with Gasteiger partial charge >= 0.3 is 0 Å². The standard InChI is InChI=1S/C25H32O/c1-7-26-21-11-8-19(9-12-21)16-18(2)20-10-13-22-23(17-20)25(5,6)15-14-24(22,3)4/h8-13,16-17H,7,14-15H2,1-6H3/b18-16+. The predicted molar refractivity (Wildman–Crippen MR) is 113 cm³/mol. The first kappa shape index (κ1) is 18.8. The molecular formula is C25H32O. The monoisotopic (exact) mass is 348 g/mol. The van der Waals surface area contributed by atoms with Crippen LogP contribution in [0.15, 0.2) is 42.5 Å². The Labute approximate surface area is 159 Å². The molecule has 2 aromatic rings. The molecule has 0 N–H and O–H groups in total. The third-order valence-corrected chi connectivity index (χ3v) is 5.88. The first-order valence-electron chi connectivity index (χ1n) is 9.79. The molecule has 0 amide bonds. The third kappa shape index (κ3) is 3.72. The maximum atomic E-state index is 5.53. The van der Waals surface area contributed by atoms with E-state index in [2.05, 4.69) is 71.0 Å². The zero-order valence-electron chi connectivity index (χ0n) is 17.1. The molecule has 3 rings (SSSR count). The number of benzene rings is 2. The number of ether oxygens (including phenoxy) is 1. The van der Waals surface area contributed by atoms with Crippen LogP contribution in [0.1, 0.15) is 76.6 Å². The summed E-state index contributed by atoms with van der Waals surface area (Å²) >= 11 is 0. The van der Waals surface area contributed by atoms with Gasteiger partial charge in [-0.3, -0.25) is 0 Å². The molecule has 0 atom stereocenters. The fraction of sp³-hybridized carbons (Fsp3) is 0.440. The van der Waals surface area contributed by atoms with E-state index in [1.807, 2.05) is 19.1 Å². The van der Waals surface area contributed by atoms with E-state index in [9.17, 15) is 0 Å². The quantitative estimate of drug-likeness (QED) is 0.541. The van der Waals surface area contributed by atoms with E-state index in [-0.39, 0.29) is 10.8 Å². The lowest BCUT2D eigenvalue weighted by Crippen LogP contribution is -2.33. The largest absolute Gasteiger partial charge is 0.494 e. The van der Waals surface area contributed by atoms with Crippen LogP contribution in [0.25, 0.3) is 11.6 Å². The maximum Gasteiger partial charge on any atom is 0.119 e. The van der Waals surface area contributed by atoms with E-state index < -0.39 is 0 Å². The van der Waals surface area contributed by atoms with Crippen LogP contribution in [-0.2, 0) is 10.8 Å². The minimum absolute atomic E-state index is 0.250. The summed E-state index contributed by atoms with van der Waals surface area (Å²) in [6.07, 6.45) is 4.77. The summed E-state index contributed by atoms with van der Waals surface area (Å²) in [5.41, 5.74) is 7.40. The smallest absolute Gasteiger partial charge is 0.119 e. The zero-order chi connectivity index (χ0) is 18.9. The molecule has 1 aliphatic carbocycles. The molecular weight excluding hydrogens is 316 g/mol. The van der Waals surface area contributed by atoms with E-state index in [1.54, 1.807) is 0 Å². The Kier molecular flexibility index (Phi) is 5.01. The normalized spacial score (nSPS) is 18.3. The van der Waals surface area contributed by atoms with E-state index in [0.29, 0.717) is 6.61 Å². The van der Waals surface area contributed by atoms with Gasteiger partial charge in [-0.15, -0.1) is 0 Å². The van der Waals surface area contributed by atoms with Crippen molar-refractivity contribution in [1.29, 1.82) is 0 Å². The van der Waals surface area contributed by atoms with Crippen LogP contribution in [0.5, 0.6) is 5.75 Å². The first-order chi connectivity index (χ1) is 12.2. The lowest BCUT2D eigenvalue weighted by molar-refractivity contribution is 0.332. The number of fused-ring (bicyclic) bond motifs is 1. The number of rotatable bonds is 4. The van der Waals surface area contributed by atoms with E-state index in [4.69, 9.17) is 4.74 Å². The summed E-state index contributed by atoms with van der Waals surface area (Å²) in [5, 5.41) is 0. The molecule has 0 saturated carbocycles. The molecule has 0 bridgehead atoms. The molecule has 1 nitrogen and oxygen atoms in total. The van der Waals surface area contributed by atoms with Crippen molar-refractivity contribution in [3.05, 3.63) is 64.7 Å². The molecule has 0 spiro atoms.